The second-order valence-electron chi connectivity index (χ2n) is 3.77. The first kappa shape index (κ1) is 12.5. The Labute approximate surface area is 113 Å². The SMILES string of the molecule is COCCCN1C(=O)c2cccc(I)c2C1=O. The van der Waals surface area contributed by atoms with E-state index in [0.717, 1.165) is 3.57 Å². The molecule has 1 aliphatic rings. The molecule has 4 nitrogen and oxygen atoms in total. The standard InChI is InChI=1S/C12H12INO3/c1-17-7-3-6-14-11(15)8-4-2-5-9(13)10(8)12(14)16/h2,4-5H,3,6-7H2,1H3. The van der Waals surface area contributed by atoms with Gasteiger partial charge in [0, 0.05) is 23.8 Å². The Hall–Kier alpha value is -0.950. The van der Waals surface area contributed by atoms with E-state index >= 15 is 0 Å². The van der Waals surface area contributed by atoms with Gasteiger partial charge in [-0.25, -0.2) is 0 Å². The average Bonchev–Trinajstić information content (AvgIpc) is 2.55. The summed E-state index contributed by atoms with van der Waals surface area (Å²) in [5.74, 6) is -0.384. The van der Waals surface area contributed by atoms with Crippen molar-refractivity contribution in [2.24, 2.45) is 0 Å². The average molecular weight is 345 g/mol. The van der Waals surface area contributed by atoms with Gasteiger partial charge in [-0.15, -0.1) is 0 Å². The number of ether oxygens (including phenoxy) is 1. The number of nitrogens with zero attached hydrogens (tertiary/aromatic N) is 1. The summed E-state index contributed by atoms with van der Waals surface area (Å²) in [4.78, 5) is 25.4. The highest BCUT2D eigenvalue weighted by molar-refractivity contribution is 14.1. The molecule has 0 aliphatic carbocycles. The normalized spacial score (nSPS) is 14.4. The maximum absolute atomic E-state index is 12.1. The molecule has 90 valence electrons. The lowest BCUT2D eigenvalue weighted by Crippen LogP contribution is -2.31. The van der Waals surface area contributed by atoms with Crippen molar-refractivity contribution in [3.63, 3.8) is 0 Å². The highest BCUT2D eigenvalue weighted by Gasteiger charge is 2.36. The summed E-state index contributed by atoms with van der Waals surface area (Å²) in [6, 6.07) is 5.34. The van der Waals surface area contributed by atoms with Gasteiger partial charge in [0.15, 0.2) is 0 Å². The van der Waals surface area contributed by atoms with Crippen LogP contribution in [0.25, 0.3) is 0 Å². The quantitative estimate of drug-likeness (QED) is 0.476. The number of halogens is 1. The van der Waals surface area contributed by atoms with Gasteiger partial charge in [0.25, 0.3) is 11.8 Å². The molecule has 2 rings (SSSR count). The number of methoxy groups -OCH3 is 1. The molecule has 5 heteroatoms. The highest BCUT2D eigenvalue weighted by Crippen LogP contribution is 2.26. The van der Waals surface area contributed by atoms with E-state index in [1.165, 1.54) is 4.90 Å². The third kappa shape index (κ3) is 2.21. The fraction of sp³-hybridized carbons (Fsp3) is 0.333. The first-order chi connectivity index (χ1) is 8.16. The van der Waals surface area contributed by atoms with Gasteiger partial charge >= 0.3 is 0 Å². The minimum Gasteiger partial charge on any atom is -0.385 e. The molecule has 1 aliphatic heterocycles. The molecule has 0 radical (unpaired) electrons. The molecular weight excluding hydrogens is 333 g/mol. The molecule has 0 aromatic heterocycles. The van der Waals surface area contributed by atoms with Crippen LogP contribution in [-0.2, 0) is 4.74 Å². The number of amides is 2. The van der Waals surface area contributed by atoms with E-state index in [2.05, 4.69) is 22.6 Å². The van der Waals surface area contributed by atoms with Crippen molar-refractivity contribution in [1.82, 2.24) is 4.90 Å². The van der Waals surface area contributed by atoms with Gasteiger partial charge < -0.3 is 4.74 Å². The molecule has 0 atom stereocenters. The molecule has 0 fully saturated rings. The van der Waals surface area contributed by atoms with E-state index in [4.69, 9.17) is 4.74 Å². The first-order valence-electron chi connectivity index (χ1n) is 5.30. The topological polar surface area (TPSA) is 46.6 Å². The van der Waals surface area contributed by atoms with Crippen molar-refractivity contribution < 1.29 is 14.3 Å². The van der Waals surface area contributed by atoms with Crippen LogP contribution in [0, 0.1) is 3.57 Å². The second kappa shape index (κ2) is 5.14. The highest BCUT2D eigenvalue weighted by atomic mass is 127. The summed E-state index contributed by atoms with van der Waals surface area (Å²) >= 11 is 2.08. The van der Waals surface area contributed by atoms with E-state index in [-0.39, 0.29) is 11.8 Å². The number of hydrogen-bond acceptors (Lipinski definition) is 3. The van der Waals surface area contributed by atoms with E-state index in [9.17, 15) is 9.59 Å². The number of rotatable bonds is 4. The van der Waals surface area contributed by atoms with Gasteiger partial charge in [-0.2, -0.15) is 0 Å². The molecular formula is C12H12INO3. The summed E-state index contributed by atoms with van der Waals surface area (Å²) < 4.78 is 5.75. The minimum absolute atomic E-state index is 0.189. The Morgan fingerprint density at radius 2 is 2.06 bits per heavy atom. The molecule has 0 bridgehead atoms. The van der Waals surface area contributed by atoms with Crippen molar-refractivity contribution >= 4 is 34.4 Å². The number of hydrogen-bond donors (Lipinski definition) is 0. The van der Waals surface area contributed by atoms with Crippen molar-refractivity contribution in [2.45, 2.75) is 6.42 Å². The van der Waals surface area contributed by atoms with Crippen molar-refractivity contribution in [2.75, 3.05) is 20.3 Å². The van der Waals surface area contributed by atoms with Crippen LogP contribution in [0.15, 0.2) is 18.2 Å². The zero-order valence-electron chi connectivity index (χ0n) is 9.40. The molecule has 17 heavy (non-hydrogen) atoms. The van der Waals surface area contributed by atoms with Crippen LogP contribution >= 0.6 is 22.6 Å². The lowest BCUT2D eigenvalue weighted by molar-refractivity contribution is 0.0638. The zero-order valence-corrected chi connectivity index (χ0v) is 11.6. The summed E-state index contributed by atoms with van der Waals surface area (Å²) in [6.07, 6.45) is 0.665. The maximum Gasteiger partial charge on any atom is 0.262 e. The van der Waals surface area contributed by atoms with Gasteiger partial charge in [0.05, 0.1) is 11.1 Å². The monoisotopic (exact) mass is 345 g/mol. The number of fused-ring (bicyclic) bond motifs is 1. The van der Waals surface area contributed by atoms with Crippen LogP contribution in [0.3, 0.4) is 0 Å². The summed E-state index contributed by atoms with van der Waals surface area (Å²) in [5, 5.41) is 0. The first-order valence-corrected chi connectivity index (χ1v) is 6.38. The maximum atomic E-state index is 12.1. The number of benzene rings is 1. The third-order valence-corrected chi connectivity index (χ3v) is 3.58. The van der Waals surface area contributed by atoms with Crippen LogP contribution < -0.4 is 0 Å². The lowest BCUT2D eigenvalue weighted by Gasteiger charge is -2.12. The van der Waals surface area contributed by atoms with Crippen LogP contribution in [0.5, 0.6) is 0 Å². The van der Waals surface area contributed by atoms with Crippen LogP contribution in [0.4, 0.5) is 0 Å². The zero-order chi connectivity index (χ0) is 12.4. The van der Waals surface area contributed by atoms with Gasteiger partial charge in [-0.1, -0.05) is 6.07 Å². The number of carbonyl (C=O) groups excluding carboxylic acids is 2. The number of imide groups is 1. The van der Waals surface area contributed by atoms with E-state index in [1.54, 1.807) is 19.2 Å². The Bertz CT molecular complexity index is 473. The Kier molecular flexibility index (Phi) is 3.78. The van der Waals surface area contributed by atoms with Crippen molar-refractivity contribution in [1.29, 1.82) is 0 Å². The minimum atomic E-state index is -0.195. The van der Waals surface area contributed by atoms with Gasteiger partial charge in [0.1, 0.15) is 0 Å². The van der Waals surface area contributed by atoms with Crippen LogP contribution in [0.1, 0.15) is 27.1 Å². The van der Waals surface area contributed by atoms with Gasteiger partial charge in [0.2, 0.25) is 0 Å². The predicted molar refractivity (Wildman–Crippen MR) is 71.0 cm³/mol. The second-order valence-corrected chi connectivity index (χ2v) is 4.93. The van der Waals surface area contributed by atoms with Crippen molar-refractivity contribution in [3.8, 4) is 0 Å². The van der Waals surface area contributed by atoms with Crippen LogP contribution in [0.2, 0.25) is 0 Å². The molecule has 0 N–H and O–H groups in total. The Morgan fingerprint density at radius 3 is 2.71 bits per heavy atom. The molecule has 1 aromatic carbocycles. The van der Waals surface area contributed by atoms with Crippen molar-refractivity contribution in [3.05, 3.63) is 32.9 Å². The van der Waals surface area contributed by atoms with Crippen LogP contribution in [-0.4, -0.2) is 37.0 Å². The van der Waals surface area contributed by atoms with Gasteiger partial charge in [-0.05, 0) is 41.1 Å². The molecule has 0 spiro atoms. The predicted octanol–water partition coefficient (Wildman–Crippen LogP) is 1.92. The van der Waals surface area contributed by atoms with Gasteiger partial charge in [-0.3, -0.25) is 14.5 Å². The molecule has 1 aromatic rings. The fourth-order valence-electron chi connectivity index (χ4n) is 1.86. The lowest BCUT2D eigenvalue weighted by atomic mass is 10.1. The fourth-order valence-corrected chi connectivity index (χ4v) is 2.59. The molecule has 0 unspecified atom stereocenters. The molecule has 0 saturated carbocycles. The molecule has 2 amide bonds. The smallest absolute Gasteiger partial charge is 0.262 e. The Balaban J connectivity index is 2.24. The molecule has 1 heterocycles. The molecule has 0 saturated heterocycles. The van der Waals surface area contributed by atoms with E-state index < -0.39 is 0 Å². The summed E-state index contributed by atoms with van der Waals surface area (Å²) in [5.41, 5.74) is 1.05. The summed E-state index contributed by atoms with van der Waals surface area (Å²) in [6.45, 7) is 0.959. The summed E-state index contributed by atoms with van der Waals surface area (Å²) in [7, 11) is 1.60. The third-order valence-electron chi connectivity index (χ3n) is 2.68. The van der Waals surface area contributed by atoms with E-state index in [0.29, 0.717) is 30.7 Å². The van der Waals surface area contributed by atoms with E-state index in [1.807, 2.05) is 6.07 Å². The largest absolute Gasteiger partial charge is 0.385 e. The Morgan fingerprint density at radius 1 is 1.29 bits per heavy atom. The number of carbonyl (C=O) groups is 2.